The van der Waals surface area contributed by atoms with Gasteiger partial charge in [0.2, 0.25) is 5.91 Å². The van der Waals surface area contributed by atoms with E-state index in [-0.39, 0.29) is 17.9 Å². The topological polar surface area (TPSA) is 63.7 Å². The number of nitrogens with one attached hydrogen (secondary N) is 1. The van der Waals surface area contributed by atoms with Crippen LogP contribution in [0.25, 0.3) is 10.2 Å². The molecular formula is C20H27N3O3S. The summed E-state index contributed by atoms with van der Waals surface area (Å²) in [6, 6.07) is 6.05. The zero-order chi connectivity index (χ0) is 18.6. The Hall–Kier alpha value is -1.86. The van der Waals surface area contributed by atoms with Gasteiger partial charge in [-0.1, -0.05) is 11.3 Å². The standard InChI is InChI=1S/C20H27N3O3S/c1-2-25-15-5-6-17-18(12-15)27-20(22-17)23-9-7-14(8-10-23)19(24)21-13-16-4-3-11-26-16/h5-6,12,14,16H,2-4,7-11,13H2,1H3,(H,21,24)/t16-/m1/s1. The second-order valence-electron chi connectivity index (χ2n) is 7.20. The van der Waals surface area contributed by atoms with Crippen LogP contribution in [0, 0.1) is 5.92 Å². The number of rotatable bonds is 6. The molecule has 1 amide bonds. The van der Waals surface area contributed by atoms with Crippen LogP contribution in [-0.4, -0.2) is 49.8 Å². The van der Waals surface area contributed by atoms with Gasteiger partial charge < -0.3 is 19.7 Å². The number of ether oxygens (including phenoxy) is 2. The predicted octanol–water partition coefficient (Wildman–Crippen LogP) is 3.21. The molecule has 0 spiro atoms. The lowest BCUT2D eigenvalue weighted by molar-refractivity contribution is -0.126. The van der Waals surface area contributed by atoms with Crippen molar-refractivity contribution in [3.8, 4) is 5.75 Å². The summed E-state index contributed by atoms with van der Waals surface area (Å²) in [5, 5.41) is 4.12. The van der Waals surface area contributed by atoms with Crippen LogP contribution in [0.15, 0.2) is 18.2 Å². The molecule has 2 saturated heterocycles. The van der Waals surface area contributed by atoms with E-state index in [0.29, 0.717) is 13.2 Å². The van der Waals surface area contributed by atoms with Crippen LogP contribution in [-0.2, 0) is 9.53 Å². The third kappa shape index (κ3) is 4.35. The molecule has 27 heavy (non-hydrogen) atoms. The number of anilines is 1. The summed E-state index contributed by atoms with van der Waals surface area (Å²) >= 11 is 1.70. The number of carbonyl (C=O) groups is 1. The van der Waals surface area contributed by atoms with Gasteiger partial charge in [0.15, 0.2) is 5.13 Å². The van der Waals surface area contributed by atoms with Gasteiger partial charge in [0, 0.05) is 32.2 Å². The average Bonchev–Trinajstić information content (AvgIpc) is 3.36. The first-order valence-corrected chi connectivity index (χ1v) is 10.7. The number of carbonyl (C=O) groups excluding carboxylic acids is 1. The van der Waals surface area contributed by atoms with Crippen LogP contribution in [0.3, 0.4) is 0 Å². The van der Waals surface area contributed by atoms with E-state index >= 15 is 0 Å². The van der Waals surface area contributed by atoms with Crippen molar-refractivity contribution in [2.75, 3.05) is 37.7 Å². The number of thiazole rings is 1. The lowest BCUT2D eigenvalue weighted by atomic mass is 9.96. The lowest BCUT2D eigenvalue weighted by Crippen LogP contribution is -2.42. The first-order chi connectivity index (χ1) is 13.2. The van der Waals surface area contributed by atoms with E-state index in [1.54, 1.807) is 11.3 Å². The lowest BCUT2D eigenvalue weighted by Gasteiger charge is -2.31. The molecule has 7 heteroatoms. The molecule has 1 atom stereocenters. The number of amides is 1. The van der Waals surface area contributed by atoms with Gasteiger partial charge in [-0.15, -0.1) is 0 Å². The van der Waals surface area contributed by atoms with E-state index in [1.807, 2.05) is 19.1 Å². The third-order valence-corrected chi connectivity index (χ3v) is 6.40. The highest BCUT2D eigenvalue weighted by molar-refractivity contribution is 7.22. The highest BCUT2D eigenvalue weighted by Crippen LogP contribution is 2.33. The Balaban J connectivity index is 1.31. The average molecular weight is 390 g/mol. The number of benzene rings is 1. The van der Waals surface area contributed by atoms with E-state index in [4.69, 9.17) is 14.5 Å². The van der Waals surface area contributed by atoms with Crippen LogP contribution in [0.4, 0.5) is 5.13 Å². The van der Waals surface area contributed by atoms with Crippen LogP contribution in [0.1, 0.15) is 32.6 Å². The second kappa shape index (κ2) is 8.44. The summed E-state index contributed by atoms with van der Waals surface area (Å²) in [5.41, 5.74) is 1.01. The monoisotopic (exact) mass is 389 g/mol. The molecule has 0 unspecified atom stereocenters. The number of hydrogen-bond donors (Lipinski definition) is 1. The van der Waals surface area contributed by atoms with Crippen LogP contribution in [0.5, 0.6) is 5.75 Å². The van der Waals surface area contributed by atoms with Crippen LogP contribution >= 0.6 is 11.3 Å². The van der Waals surface area contributed by atoms with Gasteiger partial charge in [-0.05, 0) is 50.8 Å². The van der Waals surface area contributed by atoms with Gasteiger partial charge in [0.1, 0.15) is 5.75 Å². The second-order valence-corrected chi connectivity index (χ2v) is 8.21. The van der Waals surface area contributed by atoms with Crippen molar-refractivity contribution in [3.05, 3.63) is 18.2 Å². The van der Waals surface area contributed by atoms with Gasteiger partial charge in [0.05, 0.1) is 22.9 Å². The molecule has 2 aromatic rings. The fourth-order valence-electron chi connectivity index (χ4n) is 3.78. The summed E-state index contributed by atoms with van der Waals surface area (Å²) in [5.74, 6) is 1.17. The fourth-order valence-corrected chi connectivity index (χ4v) is 4.83. The van der Waals surface area contributed by atoms with Crippen molar-refractivity contribution in [3.63, 3.8) is 0 Å². The first kappa shape index (κ1) is 18.5. The molecule has 3 heterocycles. The molecule has 1 aromatic carbocycles. The summed E-state index contributed by atoms with van der Waals surface area (Å²) in [6.07, 6.45) is 4.11. The van der Waals surface area contributed by atoms with Crippen molar-refractivity contribution >= 4 is 32.6 Å². The Bertz CT molecular complexity index is 780. The predicted molar refractivity (Wildman–Crippen MR) is 108 cm³/mol. The number of nitrogens with zero attached hydrogens (tertiary/aromatic N) is 2. The Labute approximate surface area is 163 Å². The highest BCUT2D eigenvalue weighted by atomic mass is 32.1. The molecule has 6 nitrogen and oxygen atoms in total. The van der Waals surface area contributed by atoms with Crippen molar-refractivity contribution < 1.29 is 14.3 Å². The molecule has 0 saturated carbocycles. The molecular weight excluding hydrogens is 362 g/mol. The van der Waals surface area contributed by atoms with Crippen molar-refractivity contribution in [1.29, 1.82) is 0 Å². The molecule has 0 bridgehead atoms. The zero-order valence-electron chi connectivity index (χ0n) is 15.8. The molecule has 2 aliphatic heterocycles. The smallest absolute Gasteiger partial charge is 0.223 e. The first-order valence-electron chi connectivity index (χ1n) is 9.90. The number of piperidine rings is 1. The number of aromatic nitrogens is 1. The van der Waals surface area contributed by atoms with E-state index in [0.717, 1.165) is 66.5 Å². The van der Waals surface area contributed by atoms with E-state index in [9.17, 15) is 4.79 Å². The van der Waals surface area contributed by atoms with Crippen LogP contribution < -0.4 is 15.0 Å². The van der Waals surface area contributed by atoms with Gasteiger partial charge in [-0.3, -0.25) is 4.79 Å². The molecule has 1 aromatic heterocycles. The minimum absolute atomic E-state index is 0.0987. The Morgan fingerprint density at radius 1 is 1.37 bits per heavy atom. The van der Waals surface area contributed by atoms with Gasteiger partial charge >= 0.3 is 0 Å². The van der Waals surface area contributed by atoms with Gasteiger partial charge in [-0.25, -0.2) is 4.98 Å². The van der Waals surface area contributed by atoms with E-state index in [2.05, 4.69) is 16.3 Å². The summed E-state index contributed by atoms with van der Waals surface area (Å²) in [7, 11) is 0. The summed E-state index contributed by atoms with van der Waals surface area (Å²) < 4.78 is 12.3. The Morgan fingerprint density at radius 3 is 2.96 bits per heavy atom. The van der Waals surface area contributed by atoms with Crippen molar-refractivity contribution in [2.24, 2.45) is 5.92 Å². The maximum atomic E-state index is 12.4. The van der Waals surface area contributed by atoms with Crippen molar-refractivity contribution in [2.45, 2.75) is 38.7 Å². The molecule has 2 fully saturated rings. The molecule has 2 aliphatic rings. The Morgan fingerprint density at radius 2 is 2.22 bits per heavy atom. The molecule has 4 rings (SSSR count). The number of fused-ring (bicyclic) bond motifs is 1. The van der Waals surface area contributed by atoms with Gasteiger partial charge in [0.25, 0.3) is 0 Å². The molecule has 1 N–H and O–H groups in total. The highest BCUT2D eigenvalue weighted by Gasteiger charge is 2.27. The minimum atomic E-state index is 0.0987. The number of hydrogen-bond acceptors (Lipinski definition) is 6. The zero-order valence-corrected chi connectivity index (χ0v) is 16.6. The quantitative estimate of drug-likeness (QED) is 0.822. The van der Waals surface area contributed by atoms with Crippen molar-refractivity contribution in [1.82, 2.24) is 10.3 Å². The maximum Gasteiger partial charge on any atom is 0.223 e. The summed E-state index contributed by atoms with van der Waals surface area (Å²) in [6.45, 7) is 5.88. The summed E-state index contributed by atoms with van der Waals surface area (Å²) in [4.78, 5) is 19.5. The molecule has 146 valence electrons. The van der Waals surface area contributed by atoms with E-state index in [1.165, 1.54) is 0 Å². The fraction of sp³-hybridized carbons (Fsp3) is 0.600. The maximum absolute atomic E-state index is 12.4. The molecule has 0 aliphatic carbocycles. The Kier molecular flexibility index (Phi) is 5.78. The minimum Gasteiger partial charge on any atom is -0.494 e. The third-order valence-electron chi connectivity index (χ3n) is 5.32. The van der Waals surface area contributed by atoms with Crippen LogP contribution in [0.2, 0.25) is 0 Å². The molecule has 0 radical (unpaired) electrons. The normalized spacial score (nSPS) is 20.9. The largest absolute Gasteiger partial charge is 0.494 e. The van der Waals surface area contributed by atoms with Gasteiger partial charge in [-0.2, -0.15) is 0 Å². The SMILES string of the molecule is CCOc1ccc2nc(N3CCC(C(=O)NC[C@H]4CCCO4)CC3)sc2c1. The van der Waals surface area contributed by atoms with E-state index < -0.39 is 0 Å².